The number of fused-ring (bicyclic) bond motifs is 2. The number of carbonyl (C=O) groups is 1. The van der Waals surface area contributed by atoms with Gasteiger partial charge in [-0.15, -0.1) is 11.3 Å². The van der Waals surface area contributed by atoms with Gasteiger partial charge in [0.2, 0.25) is 5.91 Å². The molecule has 0 aliphatic heterocycles. The van der Waals surface area contributed by atoms with Crippen molar-refractivity contribution in [3.63, 3.8) is 0 Å². The fourth-order valence-corrected chi connectivity index (χ4v) is 5.96. The highest BCUT2D eigenvalue weighted by molar-refractivity contribution is 7.99. The summed E-state index contributed by atoms with van der Waals surface area (Å²) in [5.74, 6) is -0.0631. The van der Waals surface area contributed by atoms with E-state index in [1.54, 1.807) is 6.07 Å². The summed E-state index contributed by atoms with van der Waals surface area (Å²) in [5, 5.41) is 6.47. The maximum atomic E-state index is 12.9. The van der Waals surface area contributed by atoms with Crippen LogP contribution in [0.15, 0.2) is 51.7 Å². The van der Waals surface area contributed by atoms with Crippen LogP contribution in [-0.2, 0) is 17.6 Å². The third kappa shape index (κ3) is 4.71. The van der Waals surface area contributed by atoms with Crippen LogP contribution in [0.3, 0.4) is 0 Å². The van der Waals surface area contributed by atoms with Gasteiger partial charge in [-0.3, -0.25) is 9.59 Å². The predicted molar refractivity (Wildman–Crippen MR) is 138 cm³/mol. The Morgan fingerprint density at radius 1 is 1.18 bits per heavy atom. The third-order valence-electron chi connectivity index (χ3n) is 5.88. The van der Waals surface area contributed by atoms with Gasteiger partial charge in [-0.25, -0.2) is 4.98 Å². The lowest BCUT2D eigenvalue weighted by molar-refractivity contribution is -0.113. The number of thiophene rings is 1. The lowest BCUT2D eigenvalue weighted by atomic mass is 9.89. The number of carbonyl (C=O) groups excluding carboxylic acids is 1. The van der Waals surface area contributed by atoms with Crippen LogP contribution >= 0.6 is 34.7 Å². The smallest absolute Gasteiger partial charge is 0.260 e. The molecule has 0 spiro atoms. The molecule has 2 aromatic carbocycles. The largest absolute Gasteiger partial charge is 0.325 e. The zero-order valence-corrected chi connectivity index (χ0v) is 20.4. The zero-order chi connectivity index (χ0) is 22.9. The number of thioether (sulfide) groups is 1. The van der Waals surface area contributed by atoms with Gasteiger partial charge in [-0.1, -0.05) is 47.6 Å². The predicted octanol–water partition coefficient (Wildman–Crippen LogP) is 6.22. The zero-order valence-electron chi connectivity index (χ0n) is 18.0. The molecule has 168 valence electrons. The monoisotopic (exact) mass is 495 g/mol. The molecular formula is C25H22ClN3O2S2. The number of anilines is 1. The van der Waals surface area contributed by atoms with Crippen molar-refractivity contribution in [1.82, 2.24) is 9.97 Å². The van der Waals surface area contributed by atoms with Crippen molar-refractivity contribution >= 4 is 56.5 Å². The topological polar surface area (TPSA) is 74.8 Å². The molecule has 0 saturated heterocycles. The second-order valence-corrected chi connectivity index (χ2v) is 10.4. The van der Waals surface area contributed by atoms with E-state index in [1.807, 2.05) is 24.4 Å². The van der Waals surface area contributed by atoms with Crippen LogP contribution < -0.4 is 10.9 Å². The average Bonchev–Trinajstić information content (AvgIpc) is 3.24. The number of amides is 1. The van der Waals surface area contributed by atoms with Gasteiger partial charge in [0.25, 0.3) is 5.56 Å². The van der Waals surface area contributed by atoms with Gasteiger partial charge < -0.3 is 10.3 Å². The molecule has 4 aromatic rings. The lowest BCUT2D eigenvalue weighted by Gasteiger charge is -2.16. The van der Waals surface area contributed by atoms with Gasteiger partial charge in [0.1, 0.15) is 4.83 Å². The summed E-state index contributed by atoms with van der Waals surface area (Å²) in [4.78, 5) is 33.4. The minimum Gasteiger partial charge on any atom is -0.325 e. The molecule has 33 heavy (non-hydrogen) atoms. The first kappa shape index (κ1) is 22.2. The molecule has 2 N–H and O–H groups in total. The van der Waals surface area contributed by atoms with E-state index < -0.39 is 0 Å². The highest BCUT2D eigenvalue weighted by Crippen LogP contribution is 2.34. The summed E-state index contributed by atoms with van der Waals surface area (Å²) in [5.41, 5.74) is 6.19. The van der Waals surface area contributed by atoms with E-state index in [9.17, 15) is 9.59 Å². The first-order chi connectivity index (χ1) is 16.0. The fraction of sp³-hybridized carbons (Fsp3) is 0.240. The SMILES string of the molecule is Cc1ccc(NC(=O)CSc2nc3scc(-c4ccc5c(c4)CCCC5)c3c(=O)[nH]2)cc1Cl. The number of hydrogen-bond acceptors (Lipinski definition) is 5. The van der Waals surface area contributed by atoms with Gasteiger partial charge >= 0.3 is 0 Å². The Kier molecular flexibility index (Phi) is 6.27. The van der Waals surface area contributed by atoms with Crippen LogP contribution in [0.2, 0.25) is 5.02 Å². The van der Waals surface area contributed by atoms with E-state index in [0.717, 1.165) is 29.5 Å². The van der Waals surface area contributed by atoms with Crippen LogP contribution in [0.25, 0.3) is 21.3 Å². The fourth-order valence-electron chi connectivity index (χ4n) is 4.11. The minimum atomic E-state index is -0.191. The summed E-state index contributed by atoms with van der Waals surface area (Å²) >= 11 is 8.78. The number of nitrogens with zero attached hydrogens (tertiary/aromatic N) is 1. The van der Waals surface area contributed by atoms with E-state index in [2.05, 4.69) is 33.5 Å². The summed E-state index contributed by atoms with van der Waals surface area (Å²) < 4.78 is 0. The Morgan fingerprint density at radius 3 is 2.82 bits per heavy atom. The Morgan fingerprint density at radius 2 is 2.00 bits per heavy atom. The Hall–Kier alpha value is -2.61. The molecule has 5 rings (SSSR count). The summed E-state index contributed by atoms with van der Waals surface area (Å²) in [7, 11) is 0. The molecule has 1 amide bonds. The second kappa shape index (κ2) is 9.33. The van der Waals surface area contributed by atoms with Crippen molar-refractivity contribution < 1.29 is 4.79 Å². The van der Waals surface area contributed by atoms with Crippen molar-refractivity contribution in [2.24, 2.45) is 0 Å². The van der Waals surface area contributed by atoms with Crippen molar-refractivity contribution in [3.8, 4) is 11.1 Å². The van der Waals surface area contributed by atoms with E-state index >= 15 is 0 Å². The van der Waals surface area contributed by atoms with E-state index in [0.29, 0.717) is 26.1 Å². The molecule has 1 aliphatic rings. The molecule has 1 aliphatic carbocycles. The van der Waals surface area contributed by atoms with Crippen molar-refractivity contribution in [3.05, 3.63) is 73.8 Å². The number of aryl methyl sites for hydroxylation is 3. The van der Waals surface area contributed by atoms with Crippen LogP contribution in [-0.4, -0.2) is 21.6 Å². The molecule has 0 radical (unpaired) electrons. The Bertz CT molecular complexity index is 1430. The van der Waals surface area contributed by atoms with Crippen molar-refractivity contribution in [2.45, 2.75) is 37.8 Å². The molecule has 2 aromatic heterocycles. The number of halogens is 1. The number of rotatable bonds is 5. The average molecular weight is 496 g/mol. The quantitative estimate of drug-likeness (QED) is 0.254. The summed E-state index contributed by atoms with van der Waals surface area (Å²) in [6.45, 7) is 1.91. The number of aromatic amines is 1. The van der Waals surface area contributed by atoms with Crippen molar-refractivity contribution in [1.29, 1.82) is 0 Å². The van der Waals surface area contributed by atoms with E-state index in [-0.39, 0.29) is 17.2 Å². The third-order valence-corrected chi connectivity index (χ3v) is 8.03. The maximum Gasteiger partial charge on any atom is 0.260 e. The molecule has 0 unspecified atom stereocenters. The molecule has 8 heteroatoms. The molecule has 0 atom stereocenters. The normalized spacial score (nSPS) is 13.2. The Balaban J connectivity index is 1.33. The second-order valence-electron chi connectivity index (χ2n) is 8.19. The highest BCUT2D eigenvalue weighted by Gasteiger charge is 2.16. The molecule has 0 fully saturated rings. The number of H-pyrrole nitrogens is 1. The molecule has 0 saturated carbocycles. The first-order valence-electron chi connectivity index (χ1n) is 10.8. The van der Waals surface area contributed by atoms with Gasteiger partial charge in [0, 0.05) is 21.7 Å². The van der Waals surface area contributed by atoms with Gasteiger partial charge in [-0.2, -0.15) is 0 Å². The van der Waals surface area contributed by atoms with Crippen LogP contribution in [0.5, 0.6) is 0 Å². The minimum absolute atomic E-state index is 0.128. The highest BCUT2D eigenvalue weighted by atomic mass is 35.5. The van der Waals surface area contributed by atoms with Crippen LogP contribution in [0.1, 0.15) is 29.5 Å². The number of hydrogen-bond donors (Lipinski definition) is 2. The summed E-state index contributed by atoms with van der Waals surface area (Å²) in [6, 6.07) is 11.9. The number of aromatic nitrogens is 2. The number of nitrogens with one attached hydrogen (secondary N) is 2. The van der Waals surface area contributed by atoms with Gasteiger partial charge in [-0.05, 0) is 67.0 Å². The first-order valence-corrected chi connectivity index (χ1v) is 13.0. The molecular weight excluding hydrogens is 474 g/mol. The number of benzene rings is 2. The molecule has 2 heterocycles. The van der Waals surface area contributed by atoms with Crippen LogP contribution in [0, 0.1) is 6.92 Å². The maximum absolute atomic E-state index is 12.9. The lowest BCUT2D eigenvalue weighted by Crippen LogP contribution is -2.15. The van der Waals surface area contributed by atoms with Crippen molar-refractivity contribution in [2.75, 3.05) is 11.1 Å². The summed E-state index contributed by atoms with van der Waals surface area (Å²) in [6.07, 6.45) is 4.69. The van der Waals surface area contributed by atoms with Gasteiger partial charge in [0.05, 0.1) is 11.1 Å². The standard InChI is InChI=1S/C25H22ClN3O2S2/c1-14-6-9-18(11-20(14)26)27-21(30)13-33-25-28-23(31)22-19(12-32-24(22)29-25)17-8-7-15-4-2-3-5-16(15)10-17/h6-12H,2-5,13H2,1H3,(H,27,30)(H,28,29,31). The molecule has 5 nitrogen and oxygen atoms in total. The van der Waals surface area contributed by atoms with E-state index in [1.165, 1.54) is 47.1 Å². The van der Waals surface area contributed by atoms with E-state index in [4.69, 9.17) is 11.6 Å². The Labute approximate surface area is 204 Å². The van der Waals surface area contributed by atoms with Crippen LogP contribution in [0.4, 0.5) is 5.69 Å². The van der Waals surface area contributed by atoms with Gasteiger partial charge in [0.15, 0.2) is 5.16 Å². The molecule has 0 bridgehead atoms.